The molecule has 0 saturated heterocycles. The number of nitrogens with one attached hydrogen (secondary N) is 1. The maximum Gasteiger partial charge on any atom is 0.00470 e. The maximum atomic E-state index is 3.54. The third-order valence-corrected chi connectivity index (χ3v) is 4.48. The summed E-state index contributed by atoms with van der Waals surface area (Å²) in [6, 6.07) is 10.8. The van der Waals surface area contributed by atoms with Crippen LogP contribution in [-0.2, 0) is 6.42 Å². The fourth-order valence-electron chi connectivity index (χ4n) is 2.79. The molecule has 0 saturated carbocycles. The average Bonchev–Trinajstić information content (AvgIpc) is 2.50. The van der Waals surface area contributed by atoms with Crippen molar-refractivity contribution < 1.29 is 0 Å². The largest absolute Gasteiger partial charge is 0.316 e. The molecule has 0 fully saturated rings. The van der Waals surface area contributed by atoms with E-state index < -0.39 is 0 Å². The van der Waals surface area contributed by atoms with Gasteiger partial charge in [-0.1, -0.05) is 51.1 Å². The summed E-state index contributed by atoms with van der Waals surface area (Å²) in [5.74, 6) is 0. The molecular formula is C18H32N2. The first-order chi connectivity index (χ1) is 9.65. The van der Waals surface area contributed by atoms with Gasteiger partial charge in [-0.15, -0.1) is 0 Å². The molecule has 1 rings (SSSR count). The summed E-state index contributed by atoms with van der Waals surface area (Å²) in [5.41, 5.74) is 1.85. The van der Waals surface area contributed by atoms with Gasteiger partial charge in [-0.05, 0) is 43.8 Å². The van der Waals surface area contributed by atoms with Gasteiger partial charge in [-0.25, -0.2) is 0 Å². The van der Waals surface area contributed by atoms with Crippen LogP contribution >= 0.6 is 0 Å². The molecule has 0 aliphatic heterocycles. The molecule has 0 radical (unpaired) electrons. The first-order valence-corrected chi connectivity index (χ1v) is 8.09. The van der Waals surface area contributed by atoms with Gasteiger partial charge >= 0.3 is 0 Å². The zero-order valence-electron chi connectivity index (χ0n) is 13.8. The Hall–Kier alpha value is -0.860. The lowest BCUT2D eigenvalue weighted by molar-refractivity contribution is 0.157. The van der Waals surface area contributed by atoms with Crippen LogP contribution in [0.5, 0.6) is 0 Å². The summed E-state index contributed by atoms with van der Waals surface area (Å²) in [5, 5.41) is 3.54. The predicted octanol–water partition coefficient (Wildman–Crippen LogP) is 3.58. The minimum absolute atomic E-state index is 0.418. The van der Waals surface area contributed by atoms with Crippen molar-refractivity contribution in [2.45, 2.75) is 40.0 Å². The molecule has 0 aromatic heterocycles. The van der Waals surface area contributed by atoms with Crippen LogP contribution in [0.4, 0.5) is 0 Å². The van der Waals surface area contributed by atoms with Crippen LogP contribution in [-0.4, -0.2) is 38.1 Å². The molecule has 114 valence electrons. The van der Waals surface area contributed by atoms with Gasteiger partial charge in [0.05, 0.1) is 0 Å². The topological polar surface area (TPSA) is 15.3 Å². The summed E-state index contributed by atoms with van der Waals surface area (Å²) in [6.07, 6.45) is 3.63. The van der Waals surface area contributed by atoms with E-state index >= 15 is 0 Å². The van der Waals surface area contributed by atoms with E-state index in [1.165, 1.54) is 24.9 Å². The van der Waals surface area contributed by atoms with Gasteiger partial charge in [0.15, 0.2) is 0 Å². The molecule has 0 aliphatic rings. The van der Waals surface area contributed by atoms with Crippen molar-refractivity contribution in [3.8, 4) is 0 Å². The minimum atomic E-state index is 0.418. The molecule has 2 nitrogen and oxygen atoms in total. The highest BCUT2D eigenvalue weighted by molar-refractivity contribution is 5.14. The Morgan fingerprint density at radius 1 is 1.05 bits per heavy atom. The Morgan fingerprint density at radius 2 is 1.70 bits per heavy atom. The fraction of sp³-hybridized carbons (Fsp3) is 0.667. The van der Waals surface area contributed by atoms with Gasteiger partial charge in [0.1, 0.15) is 0 Å². The van der Waals surface area contributed by atoms with Gasteiger partial charge in [0, 0.05) is 19.6 Å². The predicted molar refractivity (Wildman–Crippen MR) is 89.2 cm³/mol. The van der Waals surface area contributed by atoms with E-state index in [0.717, 1.165) is 26.1 Å². The Labute approximate surface area is 125 Å². The first-order valence-electron chi connectivity index (χ1n) is 8.09. The molecule has 0 heterocycles. The third-order valence-electron chi connectivity index (χ3n) is 4.48. The van der Waals surface area contributed by atoms with Crippen molar-refractivity contribution in [2.24, 2.45) is 5.41 Å². The van der Waals surface area contributed by atoms with Crippen LogP contribution in [0.1, 0.15) is 39.2 Å². The molecular weight excluding hydrogens is 244 g/mol. The van der Waals surface area contributed by atoms with Crippen molar-refractivity contribution in [1.82, 2.24) is 10.2 Å². The molecule has 20 heavy (non-hydrogen) atoms. The monoisotopic (exact) mass is 276 g/mol. The summed E-state index contributed by atoms with van der Waals surface area (Å²) in [6.45, 7) is 11.4. The van der Waals surface area contributed by atoms with E-state index in [2.05, 4.69) is 68.4 Å². The van der Waals surface area contributed by atoms with E-state index in [4.69, 9.17) is 0 Å². The molecule has 0 bridgehead atoms. The molecule has 0 spiro atoms. The second kappa shape index (κ2) is 9.15. The quantitative estimate of drug-likeness (QED) is 0.703. The Kier molecular flexibility index (Phi) is 7.86. The number of nitrogens with zero attached hydrogens (tertiary/aromatic N) is 1. The second-order valence-electron chi connectivity index (χ2n) is 5.96. The van der Waals surface area contributed by atoms with Crippen molar-refractivity contribution in [3.05, 3.63) is 35.9 Å². The highest BCUT2D eigenvalue weighted by Gasteiger charge is 2.26. The Bertz CT molecular complexity index is 344. The lowest BCUT2D eigenvalue weighted by atomic mass is 9.81. The lowest BCUT2D eigenvalue weighted by Gasteiger charge is -2.36. The Morgan fingerprint density at radius 3 is 2.25 bits per heavy atom. The van der Waals surface area contributed by atoms with Crippen LogP contribution in [0.3, 0.4) is 0 Å². The number of rotatable bonds is 10. The van der Waals surface area contributed by atoms with Crippen molar-refractivity contribution >= 4 is 0 Å². The number of likely N-dealkylation sites (N-methyl/N-ethyl adjacent to an activating group) is 1. The van der Waals surface area contributed by atoms with Crippen molar-refractivity contribution in [2.75, 3.05) is 33.2 Å². The van der Waals surface area contributed by atoms with Crippen LogP contribution in [0, 0.1) is 5.41 Å². The van der Waals surface area contributed by atoms with Crippen molar-refractivity contribution in [3.63, 3.8) is 0 Å². The summed E-state index contributed by atoms with van der Waals surface area (Å²) in [7, 11) is 2.26. The van der Waals surface area contributed by atoms with E-state index in [-0.39, 0.29) is 0 Å². The Balaban J connectivity index is 2.47. The summed E-state index contributed by atoms with van der Waals surface area (Å²) >= 11 is 0. The van der Waals surface area contributed by atoms with Crippen LogP contribution in [0.15, 0.2) is 30.3 Å². The number of hydrogen-bond donors (Lipinski definition) is 1. The SMILES string of the molecule is CCNCC(CC)(CC)CN(C)CCc1ccccc1. The van der Waals surface area contributed by atoms with Crippen LogP contribution in [0.2, 0.25) is 0 Å². The molecule has 2 heteroatoms. The van der Waals surface area contributed by atoms with Gasteiger partial charge in [-0.3, -0.25) is 0 Å². The highest BCUT2D eigenvalue weighted by Crippen LogP contribution is 2.26. The number of benzene rings is 1. The van der Waals surface area contributed by atoms with Crippen molar-refractivity contribution in [1.29, 1.82) is 0 Å². The van der Waals surface area contributed by atoms with Gasteiger partial charge in [0.2, 0.25) is 0 Å². The van der Waals surface area contributed by atoms with Gasteiger partial charge < -0.3 is 10.2 Å². The zero-order chi connectivity index (χ0) is 14.8. The summed E-state index contributed by atoms with van der Waals surface area (Å²) < 4.78 is 0. The first kappa shape index (κ1) is 17.2. The third kappa shape index (κ3) is 5.64. The molecule has 1 N–H and O–H groups in total. The van der Waals surface area contributed by atoms with Crippen LogP contribution < -0.4 is 5.32 Å². The molecule has 1 aromatic carbocycles. The normalized spacial score (nSPS) is 12.1. The highest BCUT2D eigenvalue weighted by atomic mass is 15.1. The van der Waals surface area contributed by atoms with Crippen LogP contribution in [0.25, 0.3) is 0 Å². The molecule has 0 atom stereocenters. The smallest absolute Gasteiger partial charge is 0.00470 e. The van der Waals surface area contributed by atoms with E-state index in [9.17, 15) is 0 Å². The lowest BCUT2D eigenvalue weighted by Crippen LogP contribution is -2.42. The van der Waals surface area contributed by atoms with Gasteiger partial charge in [0.25, 0.3) is 0 Å². The standard InChI is InChI=1S/C18H32N2/c1-5-18(6-2,15-19-7-3)16-20(4)14-13-17-11-9-8-10-12-17/h8-12,19H,5-7,13-16H2,1-4H3. The van der Waals surface area contributed by atoms with E-state index in [0.29, 0.717) is 5.41 Å². The zero-order valence-corrected chi connectivity index (χ0v) is 13.8. The molecule has 0 amide bonds. The molecule has 0 unspecified atom stereocenters. The molecule has 1 aromatic rings. The maximum absolute atomic E-state index is 3.54. The average molecular weight is 276 g/mol. The second-order valence-corrected chi connectivity index (χ2v) is 5.96. The fourth-order valence-corrected chi connectivity index (χ4v) is 2.79. The minimum Gasteiger partial charge on any atom is -0.316 e. The number of hydrogen-bond acceptors (Lipinski definition) is 2. The van der Waals surface area contributed by atoms with E-state index in [1.807, 2.05) is 0 Å². The van der Waals surface area contributed by atoms with E-state index in [1.54, 1.807) is 0 Å². The van der Waals surface area contributed by atoms with Gasteiger partial charge in [-0.2, -0.15) is 0 Å². The summed E-state index contributed by atoms with van der Waals surface area (Å²) in [4.78, 5) is 2.50. The molecule has 0 aliphatic carbocycles.